The van der Waals surface area contributed by atoms with Crippen LogP contribution in [0.15, 0.2) is 90.5 Å². The summed E-state index contributed by atoms with van der Waals surface area (Å²) in [6.07, 6.45) is 1.58. The van der Waals surface area contributed by atoms with Gasteiger partial charge in [-0.3, -0.25) is 19.8 Å². The average Bonchev–Trinajstić information content (AvgIpc) is 2.87. The van der Waals surface area contributed by atoms with Gasteiger partial charge in [0.15, 0.2) is 5.11 Å². The Hall–Kier alpha value is -4.00. The molecule has 4 aromatic carbocycles. The van der Waals surface area contributed by atoms with Crippen molar-refractivity contribution in [1.29, 1.82) is 0 Å². The topological polar surface area (TPSA) is 58.6 Å². The zero-order chi connectivity index (χ0) is 25.2. The highest BCUT2D eigenvalue weighted by Gasteiger charge is 2.34. The number of carbonyl (C=O) groups excluding carboxylic acids is 2. The van der Waals surface area contributed by atoms with Crippen molar-refractivity contribution in [2.45, 2.75) is 13.5 Å². The van der Waals surface area contributed by atoms with Gasteiger partial charge in [0.05, 0.1) is 5.69 Å². The van der Waals surface area contributed by atoms with E-state index < -0.39 is 11.8 Å². The summed E-state index contributed by atoms with van der Waals surface area (Å²) in [5.74, 6) is -0.499. The van der Waals surface area contributed by atoms with Crippen molar-refractivity contribution in [2.75, 3.05) is 4.90 Å². The molecule has 0 aromatic heterocycles. The number of halogens is 1. The lowest BCUT2D eigenvalue weighted by Gasteiger charge is -2.29. The van der Waals surface area contributed by atoms with Crippen LogP contribution in [0.4, 0.5) is 5.69 Å². The Bertz CT molecular complexity index is 1530. The number of fused-ring (bicyclic) bond motifs is 1. The number of aryl methyl sites for hydroxylation is 1. The van der Waals surface area contributed by atoms with Gasteiger partial charge in [-0.1, -0.05) is 71.8 Å². The van der Waals surface area contributed by atoms with E-state index in [1.807, 2.05) is 67.6 Å². The molecule has 0 unspecified atom stereocenters. The van der Waals surface area contributed by atoms with Crippen molar-refractivity contribution in [3.8, 4) is 5.75 Å². The maximum Gasteiger partial charge on any atom is 0.270 e. The Morgan fingerprint density at radius 3 is 2.42 bits per heavy atom. The third kappa shape index (κ3) is 4.73. The first-order valence-electron chi connectivity index (χ1n) is 11.3. The molecule has 0 bridgehead atoms. The minimum Gasteiger partial charge on any atom is -0.488 e. The average molecular weight is 513 g/mol. The number of hydrogen-bond acceptors (Lipinski definition) is 4. The lowest BCUT2D eigenvalue weighted by atomic mass is 9.99. The van der Waals surface area contributed by atoms with Crippen molar-refractivity contribution in [3.63, 3.8) is 0 Å². The highest BCUT2D eigenvalue weighted by Crippen LogP contribution is 2.32. The van der Waals surface area contributed by atoms with E-state index >= 15 is 0 Å². The molecular weight excluding hydrogens is 492 g/mol. The fraction of sp³-hybridized carbons (Fsp3) is 0.0690. The van der Waals surface area contributed by atoms with Gasteiger partial charge in [-0.05, 0) is 71.9 Å². The number of carbonyl (C=O) groups is 2. The van der Waals surface area contributed by atoms with Gasteiger partial charge in [0.2, 0.25) is 0 Å². The molecule has 1 fully saturated rings. The molecular formula is C29H21ClN2O3S. The Balaban J connectivity index is 1.57. The van der Waals surface area contributed by atoms with Crippen molar-refractivity contribution < 1.29 is 14.3 Å². The highest BCUT2D eigenvalue weighted by molar-refractivity contribution is 7.80. The van der Waals surface area contributed by atoms with Crippen LogP contribution < -0.4 is 15.0 Å². The van der Waals surface area contributed by atoms with Gasteiger partial charge in [-0.2, -0.15) is 0 Å². The van der Waals surface area contributed by atoms with Gasteiger partial charge in [0.25, 0.3) is 11.8 Å². The van der Waals surface area contributed by atoms with E-state index in [-0.39, 0.29) is 10.7 Å². The number of nitrogens with zero attached hydrogens (tertiary/aromatic N) is 1. The van der Waals surface area contributed by atoms with E-state index in [0.29, 0.717) is 28.6 Å². The molecule has 1 aliphatic rings. The van der Waals surface area contributed by atoms with Gasteiger partial charge < -0.3 is 4.74 Å². The molecule has 1 aliphatic heterocycles. The van der Waals surface area contributed by atoms with Gasteiger partial charge in [-0.25, -0.2) is 0 Å². The maximum absolute atomic E-state index is 13.6. The quantitative estimate of drug-likeness (QED) is 0.196. The van der Waals surface area contributed by atoms with E-state index in [1.54, 1.807) is 30.3 Å². The third-order valence-electron chi connectivity index (χ3n) is 5.92. The minimum absolute atomic E-state index is 0.0307. The number of benzene rings is 4. The molecule has 4 aromatic rings. The molecule has 0 radical (unpaired) electrons. The number of anilines is 1. The van der Waals surface area contributed by atoms with E-state index in [4.69, 9.17) is 28.6 Å². The summed E-state index contributed by atoms with van der Waals surface area (Å²) in [4.78, 5) is 27.8. The van der Waals surface area contributed by atoms with Crippen molar-refractivity contribution >= 4 is 63.3 Å². The number of hydrogen-bond donors (Lipinski definition) is 1. The van der Waals surface area contributed by atoms with Crippen molar-refractivity contribution in [1.82, 2.24) is 5.32 Å². The Morgan fingerprint density at radius 1 is 0.944 bits per heavy atom. The molecule has 1 N–H and O–H groups in total. The van der Waals surface area contributed by atoms with Crippen LogP contribution in [0.25, 0.3) is 16.8 Å². The largest absolute Gasteiger partial charge is 0.488 e. The van der Waals surface area contributed by atoms with Crippen LogP contribution in [0.1, 0.15) is 16.7 Å². The predicted octanol–water partition coefficient (Wildman–Crippen LogP) is 6.21. The van der Waals surface area contributed by atoms with Crippen LogP contribution in [-0.4, -0.2) is 16.9 Å². The molecule has 36 heavy (non-hydrogen) atoms. The summed E-state index contributed by atoms with van der Waals surface area (Å²) in [6.45, 7) is 2.25. The third-order valence-corrected chi connectivity index (χ3v) is 6.46. The number of thiocarbonyl (C=S) groups is 1. The van der Waals surface area contributed by atoms with Crippen LogP contribution >= 0.6 is 23.8 Å². The first-order chi connectivity index (χ1) is 17.4. The Labute approximate surface area is 218 Å². The molecule has 5 nitrogen and oxygen atoms in total. The highest BCUT2D eigenvalue weighted by atomic mass is 35.5. The molecule has 178 valence electrons. The number of rotatable bonds is 5. The van der Waals surface area contributed by atoms with Crippen molar-refractivity contribution in [3.05, 3.63) is 112 Å². The molecule has 1 saturated heterocycles. The molecule has 0 atom stereocenters. The van der Waals surface area contributed by atoms with E-state index in [0.717, 1.165) is 21.9 Å². The molecule has 0 saturated carbocycles. The summed E-state index contributed by atoms with van der Waals surface area (Å²) < 4.78 is 6.16. The van der Waals surface area contributed by atoms with Crippen LogP contribution in [-0.2, 0) is 16.2 Å². The van der Waals surface area contributed by atoms with Gasteiger partial charge in [-0.15, -0.1) is 0 Å². The summed E-state index contributed by atoms with van der Waals surface area (Å²) in [6, 6.07) is 26.3. The minimum atomic E-state index is -0.551. The van der Waals surface area contributed by atoms with Crippen LogP contribution in [0.5, 0.6) is 5.75 Å². The standard InChI is InChI=1S/C29H21ClN2O3S/c1-18-6-13-22(14-7-18)32-28(34)25(27(33)31-29(32)36)16-24-23-5-3-2-4-20(23)10-15-26(24)35-17-19-8-11-21(30)12-9-19/h2-16H,17H2,1H3,(H,31,33,36)/b25-16+. The number of amides is 2. The SMILES string of the molecule is Cc1ccc(N2C(=O)/C(=C/c3c(OCc4ccc(Cl)cc4)ccc4ccccc34)C(=O)NC2=S)cc1. The van der Waals surface area contributed by atoms with Crippen LogP contribution in [0.2, 0.25) is 5.02 Å². The lowest BCUT2D eigenvalue weighted by molar-refractivity contribution is -0.122. The van der Waals surface area contributed by atoms with E-state index in [9.17, 15) is 9.59 Å². The van der Waals surface area contributed by atoms with Gasteiger partial charge in [0, 0.05) is 10.6 Å². The van der Waals surface area contributed by atoms with E-state index in [2.05, 4.69) is 5.32 Å². The summed E-state index contributed by atoms with van der Waals surface area (Å²) in [5.41, 5.74) is 3.17. The Morgan fingerprint density at radius 2 is 1.67 bits per heavy atom. The maximum atomic E-state index is 13.6. The molecule has 2 amide bonds. The van der Waals surface area contributed by atoms with Crippen molar-refractivity contribution in [2.24, 2.45) is 0 Å². The molecule has 1 heterocycles. The summed E-state index contributed by atoms with van der Waals surface area (Å²) in [7, 11) is 0. The fourth-order valence-corrected chi connectivity index (χ4v) is 4.43. The molecule has 0 aliphatic carbocycles. The molecule has 0 spiro atoms. The smallest absolute Gasteiger partial charge is 0.270 e. The second-order valence-corrected chi connectivity index (χ2v) is 9.23. The first-order valence-corrected chi connectivity index (χ1v) is 12.1. The predicted molar refractivity (Wildman–Crippen MR) is 147 cm³/mol. The van der Waals surface area contributed by atoms with Gasteiger partial charge in [0.1, 0.15) is 17.9 Å². The first kappa shape index (κ1) is 23.7. The lowest BCUT2D eigenvalue weighted by Crippen LogP contribution is -2.54. The second-order valence-electron chi connectivity index (χ2n) is 8.41. The molecule has 7 heteroatoms. The van der Waals surface area contributed by atoms with Crippen LogP contribution in [0.3, 0.4) is 0 Å². The summed E-state index contributed by atoms with van der Waals surface area (Å²) >= 11 is 11.3. The van der Waals surface area contributed by atoms with Gasteiger partial charge >= 0.3 is 0 Å². The number of nitrogens with one attached hydrogen (secondary N) is 1. The molecule has 5 rings (SSSR count). The number of ether oxygens (including phenoxy) is 1. The zero-order valence-electron chi connectivity index (χ0n) is 19.3. The monoisotopic (exact) mass is 512 g/mol. The summed E-state index contributed by atoms with van der Waals surface area (Å²) in [5, 5.41) is 5.15. The Kier molecular flexibility index (Phi) is 6.55. The fourth-order valence-electron chi connectivity index (χ4n) is 4.02. The zero-order valence-corrected chi connectivity index (χ0v) is 20.9. The van der Waals surface area contributed by atoms with Crippen LogP contribution in [0, 0.1) is 6.92 Å². The van der Waals surface area contributed by atoms with E-state index in [1.165, 1.54) is 4.90 Å². The normalized spacial score (nSPS) is 14.9. The second kappa shape index (κ2) is 9.93.